The SMILES string of the molecule is COc1ccc(NC(=O)NCCC(O)c2cccs2)cc1OC. The van der Waals surface area contributed by atoms with Gasteiger partial charge in [-0.25, -0.2) is 4.79 Å². The molecule has 0 aliphatic heterocycles. The first-order valence-electron chi connectivity index (χ1n) is 7.12. The molecule has 1 unspecified atom stereocenters. The maximum atomic E-state index is 11.9. The third-order valence-corrected chi connectivity index (χ3v) is 4.19. The Labute approximate surface area is 139 Å². The van der Waals surface area contributed by atoms with Gasteiger partial charge in [0.05, 0.1) is 20.3 Å². The number of carbonyl (C=O) groups excluding carboxylic acids is 1. The number of rotatable bonds is 7. The summed E-state index contributed by atoms with van der Waals surface area (Å²) in [6.45, 7) is 0.373. The minimum atomic E-state index is -0.559. The van der Waals surface area contributed by atoms with Crippen molar-refractivity contribution >= 4 is 23.1 Å². The van der Waals surface area contributed by atoms with Crippen LogP contribution < -0.4 is 20.1 Å². The summed E-state index contributed by atoms with van der Waals surface area (Å²) in [6, 6.07) is 8.55. The Bertz CT molecular complexity index is 631. The van der Waals surface area contributed by atoms with E-state index in [1.54, 1.807) is 25.3 Å². The molecule has 1 atom stereocenters. The van der Waals surface area contributed by atoms with E-state index in [2.05, 4.69) is 10.6 Å². The number of thiophene rings is 1. The van der Waals surface area contributed by atoms with Crippen molar-refractivity contribution in [1.82, 2.24) is 5.32 Å². The number of hydrogen-bond donors (Lipinski definition) is 3. The molecule has 0 fully saturated rings. The zero-order valence-electron chi connectivity index (χ0n) is 13.0. The number of urea groups is 1. The Morgan fingerprint density at radius 3 is 2.70 bits per heavy atom. The zero-order chi connectivity index (χ0) is 16.7. The van der Waals surface area contributed by atoms with Crippen LogP contribution in [0.4, 0.5) is 10.5 Å². The first kappa shape index (κ1) is 17.1. The topological polar surface area (TPSA) is 79.8 Å². The molecule has 3 N–H and O–H groups in total. The number of methoxy groups -OCH3 is 2. The van der Waals surface area contributed by atoms with Crippen LogP contribution in [0.2, 0.25) is 0 Å². The summed E-state index contributed by atoms with van der Waals surface area (Å²) in [5, 5.41) is 17.3. The highest BCUT2D eigenvalue weighted by Gasteiger charge is 2.10. The van der Waals surface area contributed by atoms with Crippen molar-refractivity contribution in [3.8, 4) is 11.5 Å². The molecule has 2 rings (SSSR count). The third-order valence-electron chi connectivity index (χ3n) is 3.22. The molecule has 0 aliphatic carbocycles. The molecule has 1 aromatic heterocycles. The number of nitrogens with one attached hydrogen (secondary N) is 2. The van der Waals surface area contributed by atoms with E-state index in [1.165, 1.54) is 18.4 Å². The number of aliphatic hydroxyl groups is 1. The average Bonchev–Trinajstić information content (AvgIpc) is 3.09. The molecule has 0 saturated heterocycles. The Morgan fingerprint density at radius 2 is 2.04 bits per heavy atom. The lowest BCUT2D eigenvalue weighted by Crippen LogP contribution is -2.30. The van der Waals surface area contributed by atoms with Crippen LogP contribution in [0.15, 0.2) is 35.7 Å². The minimum absolute atomic E-state index is 0.337. The second kappa shape index (κ2) is 8.40. The first-order chi connectivity index (χ1) is 11.1. The standard InChI is InChI=1S/C16H20N2O4S/c1-21-13-6-5-11(10-14(13)22-2)18-16(20)17-8-7-12(19)15-4-3-9-23-15/h3-6,9-10,12,19H,7-8H2,1-2H3,(H2,17,18,20). The van der Waals surface area contributed by atoms with Gasteiger partial charge in [0.15, 0.2) is 11.5 Å². The largest absolute Gasteiger partial charge is 0.493 e. The van der Waals surface area contributed by atoms with E-state index in [0.717, 1.165) is 4.88 Å². The third kappa shape index (κ3) is 4.87. The van der Waals surface area contributed by atoms with Crippen LogP contribution >= 0.6 is 11.3 Å². The molecule has 0 radical (unpaired) electrons. The van der Waals surface area contributed by atoms with Crippen LogP contribution in [-0.2, 0) is 0 Å². The van der Waals surface area contributed by atoms with E-state index >= 15 is 0 Å². The number of ether oxygens (including phenoxy) is 2. The summed E-state index contributed by atoms with van der Waals surface area (Å²) in [5.41, 5.74) is 0.596. The Morgan fingerprint density at radius 1 is 1.26 bits per heavy atom. The van der Waals surface area contributed by atoms with Gasteiger partial charge in [-0.3, -0.25) is 0 Å². The molecule has 124 valence electrons. The molecule has 0 bridgehead atoms. The molecule has 2 aromatic rings. The van der Waals surface area contributed by atoms with Crippen molar-refractivity contribution in [2.45, 2.75) is 12.5 Å². The van der Waals surface area contributed by atoms with Crippen LogP contribution in [0, 0.1) is 0 Å². The molecular formula is C16H20N2O4S. The minimum Gasteiger partial charge on any atom is -0.493 e. The van der Waals surface area contributed by atoms with Gasteiger partial charge in [-0.05, 0) is 30.0 Å². The summed E-state index contributed by atoms with van der Waals surface area (Å²) < 4.78 is 10.3. The van der Waals surface area contributed by atoms with Gasteiger partial charge < -0.3 is 25.2 Å². The number of carbonyl (C=O) groups is 1. The average molecular weight is 336 g/mol. The van der Waals surface area contributed by atoms with Gasteiger partial charge in [-0.2, -0.15) is 0 Å². The van der Waals surface area contributed by atoms with Crippen molar-refractivity contribution in [1.29, 1.82) is 0 Å². The molecule has 2 amide bonds. The van der Waals surface area contributed by atoms with Crippen LogP contribution in [0.25, 0.3) is 0 Å². The van der Waals surface area contributed by atoms with Gasteiger partial charge in [-0.1, -0.05) is 6.07 Å². The van der Waals surface area contributed by atoms with E-state index in [4.69, 9.17) is 9.47 Å². The molecular weight excluding hydrogens is 316 g/mol. The molecule has 23 heavy (non-hydrogen) atoms. The van der Waals surface area contributed by atoms with Gasteiger partial charge in [0.2, 0.25) is 0 Å². The fourth-order valence-corrected chi connectivity index (χ4v) is 2.78. The molecule has 0 aliphatic rings. The highest BCUT2D eigenvalue weighted by Crippen LogP contribution is 2.29. The number of anilines is 1. The van der Waals surface area contributed by atoms with E-state index < -0.39 is 6.10 Å². The quantitative estimate of drug-likeness (QED) is 0.726. The predicted molar refractivity (Wildman–Crippen MR) is 90.5 cm³/mol. The van der Waals surface area contributed by atoms with Crippen molar-refractivity contribution in [2.24, 2.45) is 0 Å². The van der Waals surface area contributed by atoms with Gasteiger partial charge in [0, 0.05) is 23.2 Å². The smallest absolute Gasteiger partial charge is 0.319 e. The molecule has 0 spiro atoms. The summed E-state index contributed by atoms with van der Waals surface area (Å²) in [6.07, 6.45) is -0.101. The van der Waals surface area contributed by atoms with Crippen LogP contribution in [0.1, 0.15) is 17.4 Å². The van der Waals surface area contributed by atoms with Gasteiger partial charge in [-0.15, -0.1) is 11.3 Å². The Balaban J connectivity index is 1.80. The monoisotopic (exact) mass is 336 g/mol. The van der Waals surface area contributed by atoms with E-state index in [-0.39, 0.29) is 6.03 Å². The van der Waals surface area contributed by atoms with Crippen molar-refractivity contribution in [3.05, 3.63) is 40.6 Å². The van der Waals surface area contributed by atoms with Crippen LogP contribution in [0.5, 0.6) is 11.5 Å². The van der Waals surface area contributed by atoms with Crippen molar-refractivity contribution in [3.63, 3.8) is 0 Å². The fourth-order valence-electron chi connectivity index (χ4n) is 2.03. The maximum Gasteiger partial charge on any atom is 0.319 e. The van der Waals surface area contributed by atoms with Crippen molar-refractivity contribution in [2.75, 3.05) is 26.1 Å². The highest BCUT2D eigenvalue weighted by atomic mass is 32.1. The number of aliphatic hydroxyl groups excluding tert-OH is 1. The summed E-state index contributed by atoms with van der Waals surface area (Å²) in [7, 11) is 3.09. The van der Waals surface area contributed by atoms with Gasteiger partial charge >= 0.3 is 6.03 Å². The zero-order valence-corrected chi connectivity index (χ0v) is 13.9. The van der Waals surface area contributed by atoms with Gasteiger partial charge in [0.1, 0.15) is 0 Å². The van der Waals surface area contributed by atoms with E-state index in [0.29, 0.717) is 30.2 Å². The molecule has 7 heteroatoms. The summed E-state index contributed by atoms with van der Waals surface area (Å²) in [4.78, 5) is 12.8. The van der Waals surface area contributed by atoms with Gasteiger partial charge in [0.25, 0.3) is 0 Å². The molecule has 6 nitrogen and oxygen atoms in total. The maximum absolute atomic E-state index is 11.9. The number of hydrogen-bond acceptors (Lipinski definition) is 5. The lowest BCUT2D eigenvalue weighted by atomic mass is 10.2. The highest BCUT2D eigenvalue weighted by molar-refractivity contribution is 7.10. The summed E-state index contributed by atoms with van der Waals surface area (Å²) >= 11 is 1.50. The van der Waals surface area contributed by atoms with Crippen molar-refractivity contribution < 1.29 is 19.4 Å². The predicted octanol–water partition coefficient (Wildman–Crippen LogP) is 3.01. The second-order valence-corrected chi connectivity index (χ2v) is 5.75. The second-order valence-electron chi connectivity index (χ2n) is 4.77. The van der Waals surface area contributed by atoms with Crippen LogP contribution in [0.3, 0.4) is 0 Å². The Kier molecular flexibility index (Phi) is 6.25. The molecule has 0 saturated carbocycles. The molecule has 1 heterocycles. The van der Waals surface area contributed by atoms with Crippen LogP contribution in [-0.4, -0.2) is 31.9 Å². The first-order valence-corrected chi connectivity index (χ1v) is 8.00. The van der Waals surface area contributed by atoms with E-state index in [9.17, 15) is 9.90 Å². The normalized spacial score (nSPS) is 11.6. The summed E-state index contributed by atoms with van der Waals surface area (Å²) in [5.74, 6) is 1.14. The lowest BCUT2D eigenvalue weighted by molar-refractivity contribution is 0.171. The number of benzene rings is 1. The fraction of sp³-hybridized carbons (Fsp3) is 0.312. The lowest BCUT2D eigenvalue weighted by Gasteiger charge is -2.12. The molecule has 1 aromatic carbocycles. The Hall–Kier alpha value is -2.25. The van der Waals surface area contributed by atoms with E-state index in [1.807, 2.05) is 17.5 Å². The number of amides is 2.